The molecule has 0 saturated heterocycles. The first-order valence-corrected chi connectivity index (χ1v) is 12.0. The first kappa shape index (κ1) is 30.9. The second kappa shape index (κ2) is 9.50. The molecule has 230 valence electrons. The van der Waals surface area contributed by atoms with E-state index in [0.29, 0.717) is 48.5 Å². The Hall–Kier alpha value is -4.50. The highest BCUT2D eigenvalue weighted by molar-refractivity contribution is 6.37. The second-order valence-corrected chi connectivity index (χ2v) is 9.81. The highest BCUT2D eigenvalue weighted by atomic mass is 19.4. The number of Topliss-reactive ketones (excluding diaryl/α,β-unsaturated/α-hetero) is 4. The Kier molecular flexibility index (Phi) is 6.68. The predicted octanol–water partition coefficient (Wildman–Crippen LogP) is 8.09. The predicted molar refractivity (Wildman–Crippen MR) is 122 cm³/mol. The van der Waals surface area contributed by atoms with Gasteiger partial charge in [0.1, 0.15) is 11.8 Å². The monoisotopic (exact) mass is 638 g/mol. The molecule has 0 unspecified atom stereocenters. The smallest absolute Gasteiger partial charge is 0.293 e. The number of benzene rings is 3. The summed E-state index contributed by atoms with van der Waals surface area (Å²) in [5.74, 6) is -12.6. The van der Waals surface area contributed by atoms with Gasteiger partial charge in [0.2, 0.25) is 0 Å². The molecule has 16 heteroatoms. The third kappa shape index (κ3) is 4.66. The molecule has 2 aliphatic carbocycles. The van der Waals surface area contributed by atoms with Crippen LogP contribution in [0.2, 0.25) is 0 Å². The van der Waals surface area contributed by atoms with Gasteiger partial charge in [0.15, 0.2) is 23.1 Å². The molecule has 0 saturated carbocycles. The third-order valence-electron chi connectivity index (χ3n) is 7.24. The van der Waals surface area contributed by atoms with Crippen molar-refractivity contribution in [1.29, 1.82) is 0 Å². The summed E-state index contributed by atoms with van der Waals surface area (Å²) in [4.78, 5) is 53.2. The zero-order valence-electron chi connectivity index (χ0n) is 20.9. The number of fused-ring (bicyclic) bond motifs is 2. The first-order valence-electron chi connectivity index (χ1n) is 12.0. The fraction of sp³-hybridized carbons (Fsp3) is 0.214. The van der Waals surface area contributed by atoms with Gasteiger partial charge in [0.05, 0.1) is 22.3 Å². The van der Waals surface area contributed by atoms with Crippen molar-refractivity contribution in [2.45, 2.75) is 36.5 Å². The number of hydrogen-bond donors (Lipinski definition) is 0. The lowest BCUT2D eigenvalue weighted by Crippen LogP contribution is -2.23. The van der Waals surface area contributed by atoms with Crippen LogP contribution in [0.5, 0.6) is 0 Å². The average molecular weight is 638 g/mol. The van der Waals surface area contributed by atoms with Gasteiger partial charge in [0.25, 0.3) is 0 Å². The molecule has 3 aromatic carbocycles. The summed E-state index contributed by atoms with van der Waals surface area (Å²) in [7, 11) is 0. The normalized spacial score (nSPS) is 16.6. The van der Waals surface area contributed by atoms with Crippen LogP contribution < -0.4 is 0 Å². The van der Waals surface area contributed by atoms with Crippen molar-refractivity contribution in [3.63, 3.8) is 0 Å². The molecule has 0 radical (unpaired) electrons. The van der Waals surface area contributed by atoms with E-state index in [0.717, 1.165) is 0 Å². The number of hydrogen-bond acceptors (Lipinski definition) is 4. The van der Waals surface area contributed by atoms with Crippen LogP contribution in [-0.4, -0.2) is 23.1 Å². The Balaban J connectivity index is 1.77. The zero-order chi connectivity index (χ0) is 32.9. The molecular formula is C28H10F12O4. The SMILES string of the molecule is O=C1c2c(c(C(F)(F)F)c3c(c2C(F)(F)F)C(=O)C(c2ccc(C(F)(F)F)cc2)C3=O)C(=O)C1c1ccc(C(F)(F)F)cc1. The summed E-state index contributed by atoms with van der Waals surface area (Å²) in [6.07, 6.45) is -21.5. The molecule has 3 aromatic rings. The Bertz CT molecular complexity index is 1570. The molecule has 0 heterocycles. The van der Waals surface area contributed by atoms with Crippen molar-refractivity contribution < 1.29 is 71.9 Å². The fourth-order valence-corrected chi connectivity index (χ4v) is 5.45. The molecule has 2 aliphatic rings. The van der Waals surface area contributed by atoms with E-state index in [1.807, 2.05) is 0 Å². The van der Waals surface area contributed by atoms with Crippen LogP contribution in [0, 0.1) is 0 Å². The Morgan fingerprint density at radius 1 is 0.364 bits per heavy atom. The minimum atomic E-state index is -5.84. The topological polar surface area (TPSA) is 68.3 Å². The maximum Gasteiger partial charge on any atom is 0.417 e. The molecule has 0 aromatic heterocycles. The van der Waals surface area contributed by atoms with E-state index < -0.39 is 115 Å². The van der Waals surface area contributed by atoms with Gasteiger partial charge in [-0.2, -0.15) is 52.7 Å². The Morgan fingerprint density at radius 3 is 0.773 bits per heavy atom. The zero-order valence-corrected chi connectivity index (χ0v) is 20.9. The standard InChI is InChI=1S/C28H10F12O4/c29-25(30,31)11-5-1-9(2-6-11)13-21(41)15-16(22(13)42)20(28(38,39)40)18-17(19(15)27(35,36)37)23(43)14(24(18)44)10-3-7-12(8-4-10)26(32,33)34/h1-8,13-14H. The highest BCUT2D eigenvalue weighted by Gasteiger charge is 2.59. The van der Waals surface area contributed by atoms with Crippen LogP contribution in [-0.2, 0) is 24.7 Å². The van der Waals surface area contributed by atoms with Crippen molar-refractivity contribution in [2.75, 3.05) is 0 Å². The maximum absolute atomic E-state index is 14.5. The van der Waals surface area contributed by atoms with Crippen molar-refractivity contribution >= 4 is 23.1 Å². The Morgan fingerprint density at radius 2 is 0.591 bits per heavy atom. The van der Waals surface area contributed by atoms with E-state index in [1.54, 1.807) is 0 Å². The largest absolute Gasteiger partial charge is 0.417 e. The van der Waals surface area contributed by atoms with E-state index >= 15 is 0 Å². The summed E-state index contributed by atoms with van der Waals surface area (Å²) < 4.78 is 165. The summed E-state index contributed by atoms with van der Waals surface area (Å²) >= 11 is 0. The van der Waals surface area contributed by atoms with Gasteiger partial charge in [-0.05, 0) is 35.4 Å². The molecule has 5 rings (SSSR count). The van der Waals surface area contributed by atoms with Gasteiger partial charge in [-0.1, -0.05) is 24.3 Å². The molecular weight excluding hydrogens is 628 g/mol. The summed E-state index contributed by atoms with van der Waals surface area (Å²) in [5.41, 5.74) is -16.3. The molecule has 0 bridgehead atoms. The lowest BCUT2D eigenvalue weighted by Gasteiger charge is -2.20. The van der Waals surface area contributed by atoms with Crippen molar-refractivity contribution in [3.8, 4) is 0 Å². The number of carbonyl (C=O) groups excluding carboxylic acids is 4. The lowest BCUT2D eigenvalue weighted by atomic mass is 9.87. The molecule has 4 nitrogen and oxygen atoms in total. The van der Waals surface area contributed by atoms with Gasteiger partial charge < -0.3 is 0 Å². The number of carbonyl (C=O) groups is 4. The van der Waals surface area contributed by atoms with Crippen molar-refractivity contribution in [3.05, 3.63) is 104 Å². The first-order chi connectivity index (χ1) is 20.1. The van der Waals surface area contributed by atoms with Gasteiger partial charge in [0, 0.05) is 22.3 Å². The molecule has 44 heavy (non-hydrogen) atoms. The third-order valence-corrected chi connectivity index (χ3v) is 7.24. The van der Waals surface area contributed by atoms with E-state index in [-0.39, 0.29) is 0 Å². The van der Waals surface area contributed by atoms with Crippen LogP contribution >= 0.6 is 0 Å². The Labute approximate surface area is 236 Å². The number of rotatable bonds is 2. The van der Waals surface area contributed by atoms with Gasteiger partial charge in [-0.15, -0.1) is 0 Å². The minimum Gasteiger partial charge on any atom is -0.293 e. The van der Waals surface area contributed by atoms with Crippen LogP contribution in [0.3, 0.4) is 0 Å². The highest BCUT2D eigenvalue weighted by Crippen LogP contribution is 2.53. The van der Waals surface area contributed by atoms with Gasteiger partial charge in [-0.25, -0.2) is 0 Å². The lowest BCUT2D eigenvalue weighted by molar-refractivity contribution is -0.142. The minimum absolute atomic E-state index is 0.343. The molecule has 0 amide bonds. The summed E-state index contributed by atoms with van der Waals surface area (Å²) in [6.45, 7) is 0. The molecule has 0 spiro atoms. The maximum atomic E-state index is 14.5. The molecule has 0 atom stereocenters. The number of halogens is 12. The summed E-state index contributed by atoms with van der Waals surface area (Å²) in [6, 6.07) is 3.43. The van der Waals surface area contributed by atoms with Crippen LogP contribution in [0.4, 0.5) is 52.7 Å². The van der Waals surface area contributed by atoms with Gasteiger partial charge in [-0.3, -0.25) is 19.2 Å². The van der Waals surface area contributed by atoms with Crippen LogP contribution in [0.1, 0.15) is 86.6 Å². The van der Waals surface area contributed by atoms with E-state index in [2.05, 4.69) is 0 Å². The number of ketones is 4. The van der Waals surface area contributed by atoms with E-state index in [1.165, 1.54) is 0 Å². The van der Waals surface area contributed by atoms with E-state index in [4.69, 9.17) is 0 Å². The van der Waals surface area contributed by atoms with Crippen molar-refractivity contribution in [2.24, 2.45) is 0 Å². The van der Waals surface area contributed by atoms with Crippen LogP contribution in [0.15, 0.2) is 48.5 Å². The summed E-state index contributed by atoms with van der Waals surface area (Å²) in [5, 5.41) is 0. The van der Waals surface area contributed by atoms with Crippen molar-refractivity contribution in [1.82, 2.24) is 0 Å². The fourth-order valence-electron chi connectivity index (χ4n) is 5.45. The molecule has 0 fully saturated rings. The average Bonchev–Trinajstić information content (AvgIpc) is 3.29. The van der Waals surface area contributed by atoms with Gasteiger partial charge >= 0.3 is 24.7 Å². The second-order valence-electron chi connectivity index (χ2n) is 9.81. The number of alkyl halides is 12. The molecule has 0 aliphatic heterocycles. The quantitative estimate of drug-likeness (QED) is 0.210. The van der Waals surface area contributed by atoms with Crippen LogP contribution in [0.25, 0.3) is 0 Å². The van der Waals surface area contributed by atoms with E-state index in [9.17, 15) is 71.9 Å². The molecule has 0 N–H and O–H groups in total.